The van der Waals surface area contributed by atoms with Crippen LogP contribution in [0.2, 0.25) is 0 Å². The predicted octanol–water partition coefficient (Wildman–Crippen LogP) is -0.699. The molecule has 6 heteroatoms. The molecule has 0 aromatic rings. The van der Waals surface area contributed by atoms with Crippen molar-refractivity contribution in [1.29, 1.82) is 0 Å². The number of sulfonamides is 1. The zero-order chi connectivity index (χ0) is 11.5. The van der Waals surface area contributed by atoms with Crippen molar-refractivity contribution in [3.63, 3.8) is 0 Å². The minimum atomic E-state index is -3.07. The maximum absolute atomic E-state index is 11.9. The molecule has 0 aromatic carbocycles. The van der Waals surface area contributed by atoms with Gasteiger partial charge in [0.2, 0.25) is 10.0 Å². The van der Waals surface area contributed by atoms with Crippen molar-refractivity contribution in [2.75, 3.05) is 39.5 Å². The number of nitrogens with zero attached hydrogens (tertiary/aromatic N) is 2. The molecule has 15 heavy (non-hydrogen) atoms. The number of piperidine rings is 1. The Kier molecular flexibility index (Phi) is 4.51. The van der Waals surface area contributed by atoms with E-state index in [0.29, 0.717) is 19.6 Å². The first kappa shape index (κ1) is 12.9. The molecule has 1 aliphatic heterocycles. The average Bonchev–Trinajstić information content (AvgIpc) is 2.16. The van der Waals surface area contributed by atoms with E-state index in [1.165, 1.54) is 0 Å². The topological polar surface area (TPSA) is 66.6 Å². The van der Waals surface area contributed by atoms with Gasteiger partial charge in [-0.3, -0.25) is 0 Å². The fourth-order valence-electron chi connectivity index (χ4n) is 1.58. The SMILES string of the molecule is CN(C)CCS(=O)(=O)N1CCC(N)CC1. The molecule has 0 aliphatic carbocycles. The fraction of sp³-hybridized carbons (Fsp3) is 1.00. The van der Waals surface area contributed by atoms with Crippen LogP contribution in [0.5, 0.6) is 0 Å². The molecule has 0 atom stereocenters. The number of hydrogen-bond acceptors (Lipinski definition) is 4. The van der Waals surface area contributed by atoms with E-state index >= 15 is 0 Å². The minimum absolute atomic E-state index is 0.172. The number of hydrogen-bond donors (Lipinski definition) is 1. The molecule has 0 bridgehead atoms. The molecular weight excluding hydrogens is 214 g/mol. The highest BCUT2D eigenvalue weighted by Crippen LogP contribution is 2.12. The highest BCUT2D eigenvalue weighted by atomic mass is 32.2. The van der Waals surface area contributed by atoms with E-state index in [1.54, 1.807) is 4.31 Å². The molecule has 5 nitrogen and oxygen atoms in total. The average molecular weight is 235 g/mol. The van der Waals surface area contributed by atoms with Crippen LogP contribution in [0, 0.1) is 0 Å². The second-order valence-electron chi connectivity index (χ2n) is 4.36. The van der Waals surface area contributed by atoms with Gasteiger partial charge in [0.25, 0.3) is 0 Å². The van der Waals surface area contributed by atoms with Crippen molar-refractivity contribution in [3.8, 4) is 0 Å². The molecule has 0 aromatic heterocycles. The Labute approximate surface area is 92.3 Å². The van der Waals surface area contributed by atoms with E-state index in [1.807, 2.05) is 19.0 Å². The third kappa shape index (κ3) is 4.06. The maximum atomic E-state index is 11.9. The van der Waals surface area contributed by atoms with E-state index in [9.17, 15) is 8.42 Å². The Balaban J connectivity index is 2.47. The zero-order valence-corrected chi connectivity index (χ0v) is 10.3. The summed E-state index contributed by atoms with van der Waals surface area (Å²) in [4.78, 5) is 1.88. The number of rotatable bonds is 4. The summed E-state index contributed by atoms with van der Waals surface area (Å²) in [5.41, 5.74) is 5.73. The summed E-state index contributed by atoms with van der Waals surface area (Å²) < 4.78 is 25.3. The van der Waals surface area contributed by atoms with Crippen LogP contribution in [0.1, 0.15) is 12.8 Å². The molecule has 90 valence electrons. The van der Waals surface area contributed by atoms with Gasteiger partial charge in [0.15, 0.2) is 0 Å². The third-order valence-electron chi connectivity index (χ3n) is 2.69. The molecular formula is C9H21N3O2S. The molecule has 1 heterocycles. The van der Waals surface area contributed by atoms with Crippen molar-refractivity contribution in [2.24, 2.45) is 5.73 Å². The summed E-state index contributed by atoms with van der Waals surface area (Å²) >= 11 is 0. The van der Waals surface area contributed by atoms with Crippen LogP contribution >= 0.6 is 0 Å². The van der Waals surface area contributed by atoms with Gasteiger partial charge in [0.1, 0.15) is 0 Å². The van der Waals surface area contributed by atoms with Crippen LogP contribution in [-0.2, 0) is 10.0 Å². The molecule has 1 saturated heterocycles. The van der Waals surface area contributed by atoms with Crippen LogP contribution in [0.25, 0.3) is 0 Å². The molecule has 0 amide bonds. The Morgan fingerprint density at radius 1 is 1.33 bits per heavy atom. The van der Waals surface area contributed by atoms with Crippen LogP contribution in [0.4, 0.5) is 0 Å². The van der Waals surface area contributed by atoms with Gasteiger partial charge < -0.3 is 10.6 Å². The highest BCUT2D eigenvalue weighted by molar-refractivity contribution is 7.89. The van der Waals surface area contributed by atoms with Gasteiger partial charge in [-0.25, -0.2) is 12.7 Å². The van der Waals surface area contributed by atoms with Gasteiger partial charge in [0.05, 0.1) is 5.75 Å². The molecule has 1 aliphatic rings. The van der Waals surface area contributed by atoms with Crippen LogP contribution in [-0.4, -0.2) is 63.1 Å². The molecule has 0 unspecified atom stereocenters. The van der Waals surface area contributed by atoms with Crippen LogP contribution < -0.4 is 5.73 Å². The summed E-state index contributed by atoms with van der Waals surface area (Å²) in [6.07, 6.45) is 1.56. The van der Waals surface area contributed by atoms with Crippen molar-refractivity contribution >= 4 is 10.0 Å². The summed E-state index contributed by atoms with van der Waals surface area (Å²) in [7, 11) is 0.688. The van der Waals surface area contributed by atoms with Gasteiger partial charge in [-0.15, -0.1) is 0 Å². The van der Waals surface area contributed by atoms with Crippen LogP contribution in [0.3, 0.4) is 0 Å². The Bertz CT molecular complexity index is 282. The van der Waals surface area contributed by atoms with E-state index < -0.39 is 10.0 Å². The Morgan fingerprint density at radius 3 is 2.33 bits per heavy atom. The lowest BCUT2D eigenvalue weighted by atomic mass is 10.1. The lowest BCUT2D eigenvalue weighted by Crippen LogP contribution is -2.44. The quantitative estimate of drug-likeness (QED) is 0.700. The van der Waals surface area contributed by atoms with Gasteiger partial charge in [-0.05, 0) is 26.9 Å². The second-order valence-corrected chi connectivity index (χ2v) is 6.44. The van der Waals surface area contributed by atoms with Crippen molar-refractivity contribution in [3.05, 3.63) is 0 Å². The smallest absolute Gasteiger partial charge is 0.215 e. The van der Waals surface area contributed by atoms with Gasteiger partial charge in [0, 0.05) is 25.7 Å². The van der Waals surface area contributed by atoms with E-state index in [4.69, 9.17) is 5.73 Å². The summed E-state index contributed by atoms with van der Waals surface area (Å²) in [5.74, 6) is 0.204. The standard InChI is InChI=1S/C9H21N3O2S/c1-11(2)7-8-15(13,14)12-5-3-9(10)4-6-12/h9H,3-8,10H2,1-2H3. The van der Waals surface area contributed by atoms with Crippen molar-refractivity contribution in [1.82, 2.24) is 9.21 Å². The fourth-order valence-corrected chi connectivity index (χ4v) is 3.20. The largest absolute Gasteiger partial charge is 0.328 e. The summed E-state index contributed by atoms with van der Waals surface area (Å²) in [6, 6.07) is 0.172. The highest BCUT2D eigenvalue weighted by Gasteiger charge is 2.26. The monoisotopic (exact) mass is 235 g/mol. The number of nitrogens with two attached hydrogens (primary N) is 1. The van der Waals surface area contributed by atoms with E-state index in [2.05, 4.69) is 0 Å². The van der Waals surface area contributed by atoms with Crippen molar-refractivity contribution < 1.29 is 8.42 Å². The Hall–Kier alpha value is -0.170. The zero-order valence-electron chi connectivity index (χ0n) is 9.52. The molecule has 0 radical (unpaired) electrons. The van der Waals surface area contributed by atoms with Gasteiger partial charge in [-0.1, -0.05) is 0 Å². The minimum Gasteiger partial charge on any atom is -0.328 e. The lowest BCUT2D eigenvalue weighted by molar-refractivity contribution is 0.317. The second kappa shape index (κ2) is 5.25. The van der Waals surface area contributed by atoms with E-state index in [0.717, 1.165) is 12.8 Å². The maximum Gasteiger partial charge on any atom is 0.215 e. The molecule has 0 saturated carbocycles. The summed E-state index contributed by atoms with van der Waals surface area (Å²) in [6.45, 7) is 1.73. The summed E-state index contributed by atoms with van der Waals surface area (Å²) in [5, 5.41) is 0. The first-order chi connectivity index (χ1) is 6.92. The van der Waals surface area contributed by atoms with Crippen molar-refractivity contribution in [2.45, 2.75) is 18.9 Å². The van der Waals surface area contributed by atoms with E-state index in [-0.39, 0.29) is 11.8 Å². The van der Waals surface area contributed by atoms with Gasteiger partial charge >= 0.3 is 0 Å². The normalized spacial score (nSPS) is 21.1. The Morgan fingerprint density at radius 2 is 1.87 bits per heavy atom. The molecule has 2 N–H and O–H groups in total. The first-order valence-corrected chi connectivity index (χ1v) is 6.91. The molecule has 0 spiro atoms. The van der Waals surface area contributed by atoms with Gasteiger partial charge in [-0.2, -0.15) is 0 Å². The molecule has 1 fully saturated rings. The molecule has 1 rings (SSSR count). The predicted molar refractivity (Wildman–Crippen MR) is 61.1 cm³/mol. The first-order valence-electron chi connectivity index (χ1n) is 5.30. The third-order valence-corrected chi connectivity index (χ3v) is 4.54. The van der Waals surface area contributed by atoms with Crippen LogP contribution in [0.15, 0.2) is 0 Å². The lowest BCUT2D eigenvalue weighted by Gasteiger charge is -2.29.